The topological polar surface area (TPSA) is 0 Å². The highest BCUT2D eigenvalue weighted by Gasteiger charge is 2.37. The summed E-state index contributed by atoms with van der Waals surface area (Å²) in [7, 11) is 0. The third kappa shape index (κ3) is 2.08. The van der Waals surface area contributed by atoms with Crippen molar-refractivity contribution in [3.63, 3.8) is 0 Å². The lowest BCUT2D eigenvalue weighted by Gasteiger charge is -2.23. The maximum Gasteiger partial charge on any atom is 0.0159 e. The summed E-state index contributed by atoms with van der Waals surface area (Å²) in [6, 6.07) is 18.3. The Kier molecular flexibility index (Phi) is 3.28. The van der Waals surface area contributed by atoms with Crippen molar-refractivity contribution < 1.29 is 0 Å². The summed E-state index contributed by atoms with van der Waals surface area (Å²) < 4.78 is 0. The molecule has 0 heterocycles. The first-order chi connectivity index (χ1) is 12.6. The van der Waals surface area contributed by atoms with Crippen LogP contribution in [0.3, 0.4) is 0 Å². The molecule has 0 aliphatic heterocycles. The molecule has 0 atom stereocenters. The van der Waals surface area contributed by atoms with Crippen LogP contribution in [-0.4, -0.2) is 0 Å². The van der Waals surface area contributed by atoms with Gasteiger partial charge in [0.1, 0.15) is 0 Å². The molecule has 2 aliphatic carbocycles. The summed E-state index contributed by atoms with van der Waals surface area (Å²) in [4.78, 5) is 0. The van der Waals surface area contributed by atoms with Crippen LogP contribution in [0.15, 0.2) is 66.8 Å². The van der Waals surface area contributed by atoms with E-state index in [1.165, 1.54) is 49.7 Å². The van der Waals surface area contributed by atoms with Crippen molar-refractivity contribution in [1.82, 2.24) is 0 Å². The molecule has 5 rings (SSSR count). The maximum atomic E-state index is 2.47. The quantitative estimate of drug-likeness (QED) is 0.441. The van der Waals surface area contributed by atoms with E-state index in [0.717, 1.165) is 12.8 Å². The number of aryl methyl sites for hydroxylation is 1. The summed E-state index contributed by atoms with van der Waals surface area (Å²) in [6.07, 6.45) is 9.30. The van der Waals surface area contributed by atoms with Crippen molar-refractivity contribution in [3.05, 3.63) is 89.0 Å². The Morgan fingerprint density at radius 2 is 1.62 bits per heavy atom. The molecule has 0 amide bonds. The number of hydrogen-bond donors (Lipinski definition) is 0. The van der Waals surface area contributed by atoms with Crippen LogP contribution in [-0.2, 0) is 5.41 Å². The molecule has 0 N–H and O–H groups in total. The van der Waals surface area contributed by atoms with E-state index in [9.17, 15) is 0 Å². The molecule has 0 aromatic heterocycles. The zero-order chi connectivity index (χ0) is 17.9. The molecule has 0 nitrogen and oxygen atoms in total. The molecule has 0 heteroatoms. The van der Waals surface area contributed by atoms with Gasteiger partial charge < -0.3 is 0 Å². The van der Waals surface area contributed by atoms with Crippen LogP contribution in [0.2, 0.25) is 0 Å². The molecular formula is C26H24. The molecule has 26 heavy (non-hydrogen) atoms. The minimum absolute atomic E-state index is 0.0361. The summed E-state index contributed by atoms with van der Waals surface area (Å²) >= 11 is 0. The lowest BCUT2D eigenvalue weighted by Crippen LogP contribution is -2.15. The number of fused-ring (bicyclic) bond motifs is 5. The Bertz CT molecular complexity index is 1110. The summed E-state index contributed by atoms with van der Waals surface area (Å²) in [5, 5.41) is 2.75. The van der Waals surface area contributed by atoms with Crippen LogP contribution in [0, 0.1) is 6.92 Å². The van der Waals surface area contributed by atoms with E-state index >= 15 is 0 Å². The van der Waals surface area contributed by atoms with Crippen LogP contribution in [0.1, 0.15) is 48.9 Å². The molecule has 0 spiro atoms. The van der Waals surface area contributed by atoms with Gasteiger partial charge in [-0.1, -0.05) is 80.1 Å². The van der Waals surface area contributed by atoms with E-state index in [1.807, 2.05) is 0 Å². The Balaban J connectivity index is 1.90. The average Bonchev–Trinajstić information content (AvgIpc) is 2.89. The molecule has 3 aromatic rings. The minimum atomic E-state index is 0.0361. The summed E-state index contributed by atoms with van der Waals surface area (Å²) in [5.41, 5.74) is 9.90. The monoisotopic (exact) mass is 336 g/mol. The normalized spacial score (nSPS) is 17.1. The zero-order valence-corrected chi connectivity index (χ0v) is 15.8. The van der Waals surface area contributed by atoms with Gasteiger partial charge in [-0.05, 0) is 70.0 Å². The van der Waals surface area contributed by atoms with Gasteiger partial charge in [-0.25, -0.2) is 0 Å². The molecule has 2 aliphatic rings. The second-order valence-electron chi connectivity index (χ2n) is 8.21. The third-order valence-corrected chi connectivity index (χ3v) is 6.14. The SMILES string of the molecule is Cc1ccc2c(c1)C(C)(C)c1cc(C3=CCCC=C3)c3ccccc3c1-2. The van der Waals surface area contributed by atoms with E-state index in [2.05, 4.69) is 87.5 Å². The van der Waals surface area contributed by atoms with Gasteiger partial charge >= 0.3 is 0 Å². The number of allylic oxidation sites excluding steroid dienone is 4. The lowest BCUT2D eigenvalue weighted by molar-refractivity contribution is 0.660. The van der Waals surface area contributed by atoms with Crippen molar-refractivity contribution >= 4 is 16.3 Å². The van der Waals surface area contributed by atoms with Crippen molar-refractivity contribution in [2.24, 2.45) is 0 Å². The van der Waals surface area contributed by atoms with E-state index in [4.69, 9.17) is 0 Å². The predicted octanol–water partition coefficient (Wildman–Crippen LogP) is 7.19. The van der Waals surface area contributed by atoms with Crippen molar-refractivity contribution in [2.45, 2.75) is 39.0 Å². The number of rotatable bonds is 1. The largest absolute Gasteiger partial charge is 0.0836 e. The highest BCUT2D eigenvalue weighted by Crippen LogP contribution is 2.52. The molecular weight excluding hydrogens is 312 g/mol. The molecule has 0 radical (unpaired) electrons. The summed E-state index contributed by atoms with van der Waals surface area (Å²) in [6.45, 7) is 6.95. The highest BCUT2D eigenvalue weighted by molar-refractivity contribution is 6.07. The molecule has 0 saturated heterocycles. The van der Waals surface area contributed by atoms with Crippen LogP contribution >= 0.6 is 0 Å². The first-order valence-electron chi connectivity index (χ1n) is 9.62. The number of hydrogen-bond acceptors (Lipinski definition) is 0. The van der Waals surface area contributed by atoms with Gasteiger partial charge in [0.05, 0.1) is 0 Å². The van der Waals surface area contributed by atoms with Crippen LogP contribution in [0.25, 0.3) is 27.5 Å². The van der Waals surface area contributed by atoms with Crippen LogP contribution in [0.5, 0.6) is 0 Å². The molecule has 3 aromatic carbocycles. The molecule has 0 saturated carbocycles. The second-order valence-corrected chi connectivity index (χ2v) is 8.21. The van der Waals surface area contributed by atoms with Gasteiger partial charge in [-0.15, -0.1) is 0 Å². The van der Waals surface area contributed by atoms with E-state index in [1.54, 1.807) is 0 Å². The van der Waals surface area contributed by atoms with Crippen LogP contribution < -0.4 is 0 Å². The fraction of sp³-hybridized carbons (Fsp3) is 0.231. The summed E-state index contributed by atoms with van der Waals surface area (Å²) in [5.74, 6) is 0. The zero-order valence-electron chi connectivity index (χ0n) is 15.8. The van der Waals surface area contributed by atoms with Gasteiger partial charge in [-0.3, -0.25) is 0 Å². The fourth-order valence-electron chi connectivity index (χ4n) is 4.75. The predicted molar refractivity (Wildman–Crippen MR) is 113 cm³/mol. The van der Waals surface area contributed by atoms with Crippen LogP contribution in [0.4, 0.5) is 0 Å². The smallest absolute Gasteiger partial charge is 0.0159 e. The van der Waals surface area contributed by atoms with Gasteiger partial charge in [-0.2, -0.15) is 0 Å². The van der Waals surface area contributed by atoms with Crippen molar-refractivity contribution in [2.75, 3.05) is 0 Å². The minimum Gasteiger partial charge on any atom is -0.0836 e. The van der Waals surface area contributed by atoms with Gasteiger partial charge in [0.15, 0.2) is 0 Å². The first-order valence-corrected chi connectivity index (χ1v) is 9.62. The van der Waals surface area contributed by atoms with Gasteiger partial charge in [0, 0.05) is 5.41 Å². The molecule has 0 unspecified atom stereocenters. The lowest BCUT2D eigenvalue weighted by atomic mass is 9.80. The molecule has 128 valence electrons. The Hall–Kier alpha value is -2.60. The molecule has 0 bridgehead atoms. The standard InChI is InChI=1S/C26H24/c1-17-13-14-21-23(15-17)26(2,3)24-16-22(18-9-5-4-6-10-18)19-11-7-8-12-20(19)25(21)24/h5,7-16H,4,6H2,1-3H3. The van der Waals surface area contributed by atoms with Crippen molar-refractivity contribution in [1.29, 1.82) is 0 Å². The number of benzene rings is 3. The Morgan fingerprint density at radius 3 is 2.38 bits per heavy atom. The van der Waals surface area contributed by atoms with E-state index < -0.39 is 0 Å². The van der Waals surface area contributed by atoms with E-state index in [0.29, 0.717) is 0 Å². The highest BCUT2D eigenvalue weighted by atomic mass is 14.4. The average molecular weight is 336 g/mol. The van der Waals surface area contributed by atoms with Gasteiger partial charge in [0.2, 0.25) is 0 Å². The Labute approximate surface area is 155 Å². The second kappa shape index (κ2) is 5.45. The Morgan fingerprint density at radius 1 is 0.808 bits per heavy atom. The molecule has 0 fully saturated rings. The van der Waals surface area contributed by atoms with Crippen molar-refractivity contribution in [3.8, 4) is 11.1 Å². The first kappa shape index (κ1) is 15.6. The van der Waals surface area contributed by atoms with Gasteiger partial charge in [0.25, 0.3) is 0 Å². The fourth-order valence-corrected chi connectivity index (χ4v) is 4.75. The maximum absolute atomic E-state index is 2.47. The van der Waals surface area contributed by atoms with E-state index in [-0.39, 0.29) is 5.41 Å². The third-order valence-electron chi connectivity index (χ3n) is 6.14.